The van der Waals surface area contributed by atoms with Crippen LogP contribution < -0.4 is 0 Å². The molecule has 0 unspecified atom stereocenters. The fourth-order valence-corrected chi connectivity index (χ4v) is 1.36. The van der Waals surface area contributed by atoms with Gasteiger partial charge in [-0.25, -0.2) is 4.98 Å². The van der Waals surface area contributed by atoms with E-state index in [9.17, 15) is 4.79 Å². The molecule has 0 fully saturated rings. The molecule has 0 spiro atoms. The number of aromatic nitrogens is 1. The van der Waals surface area contributed by atoms with E-state index in [1.807, 2.05) is 18.2 Å². The van der Waals surface area contributed by atoms with Gasteiger partial charge in [-0.05, 0) is 18.1 Å². The lowest BCUT2D eigenvalue weighted by atomic mass is 10.1. The van der Waals surface area contributed by atoms with Gasteiger partial charge in [0.1, 0.15) is 11.8 Å². The molecule has 1 aromatic heterocycles. The van der Waals surface area contributed by atoms with Crippen molar-refractivity contribution in [1.29, 1.82) is 0 Å². The fraction of sp³-hybridized carbons (Fsp3) is 0.200. The lowest BCUT2D eigenvalue weighted by Gasteiger charge is -1.96. The van der Waals surface area contributed by atoms with Crippen molar-refractivity contribution in [2.24, 2.45) is 0 Å². The first-order valence-corrected chi connectivity index (χ1v) is 4.16. The molecular formula is C10H9NO2. The molecule has 0 atom stereocenters. The van der Waals surface area contributed by atoms with Crippen LogP contribution in [-0.2, 0) is 11.2 Å². The Balaban J connectivity index is 2.42. The van der Waals surface area contributed by atoms with Crippen molar-refractivity contribution in [2.45, 2.75) is 12.8 Å². The molecule has 2 rings (SSSR count). The van der Waals surface area contributed by atoms with E-state index >= 15 is 0 Å². The van der Waals surface area contributed by atoms with E-state index in [0.29, 0.717) is 6.42 Å². The third-order valence-corrected chi connectivity index (χ3v) is 1.98. The molecule has 0 radical (unpaired) electrons. The summed E-state index contributed by atoms with van der Waals surface area (Å²) >= 11 is 0. The van der Waals surface area contributed by atoms with Gasteiger partial charge in [0.2, 0.25) is 0 Å². The van der Waals surface area contributed by atoms with Gasteiger partial charge in [0.05, 0.1) is 0 Å². The van der Waals surface area contributed by atoms with E-state index < -0.39 is 0 Å². The highest BCUT2D eigenvalue weighted by Gasteiger charge is 2.03. The normalized spacial score (nSPS) is 10.5. The zero-order valence-electron chi connectivity index (χ0n) is 7.06. The number of carbonyl (C=O) groups excluding carboxylic acids is 1. The number of rotatable bonds is 3. The van der Waals surface area contributed by atoms with Crippen molar-refractivity contribution >= 4 is 17.4 Å². The molecule has 2 aromatic rings. The number of fused-ring (bicyclic) bond motifs is 1. The van der Waals surface area contributed by atoms with Crippen molar-refractivity contribution < 1.29 is 9.21 Å². The van der Waals surface area contributed by atoms with E-state index in [1.165, 1.54) is 6.39 Å². The average molecular weight is 175 g/mol. The molecule has 1 aromatic carbocycles. The standard InChI is InChI=1S/C10H9NO2/c12-6-2-4-8-3-1-5-9-10(8)11-7-13-9/h1,3,5-7H,2,4H2. The molecule has 0 N–H and O–H groups in total. The van der Waals surface area contributed by atoms with Crippen LogP contribution in [0.4, 0.5) is 0 Å². The zero-order chi connectivity index (χ0) is 9.10. The van der Waals surface area contributed by atoms with Gasteiger partial charge >= 0.3 is 0 Å². The number of oxazole rings is 1. The van der Waals surface area contributed by atoms with Gasteiger partial charge in [-0.3, -0.25) is 0 Å². The van der Waals surface area contributed by atoms with Crippen molar-refractivity contribution in [2.75, 3.05) is 0 Å². The first-order chi connectivity index (χ1) is 6.42. The van der Waals surface area contributed by atoms with Crippen LogP contribution in [0.5, 0.6) is 0 Å². The van der Waals surface area contributed by atoms with E-state index in [2.05, 4.69) is 4.98 Å². The monoisotopic (exact) mass is 175 g/mol. The van der Waals surface area contributed by atoms with Gasteiger partial charge in [0.15, 0.2) is 12.0 Å². The van der Waals surface area contributed by atoms with Gasteiger partial charge in [0.25, 0.3) is 0 Å². The Hall–Kier alpha value is -1.64. The molecule has 3 heteroatoms. The number of aryl methyl sites for hydroxylation is 1. The fourth-order valence-electron chi connectivity index (χ4n) is 1.36. The van der Waals surface area contributed by atoms with Crippen LogP contribution in [0, 0.1) is 0 Å². The summed E-state index contributed by atoms with van der Waals surface area (Å²) in [6.45, 7) is 0. The van der Waals surface area contributed by atoms with Gasteiger partial charge in [-0.15, -0.1) is 0 Å². The van der Waals surface area contributed by atoms with Gasteiger partial charge in [-0.1, -0.05) is 12.1 Å². The number of hydrogen-bond donors (Lipinski definition) is 0. The summed E-state index contributed by atoms with van der Waals surface area (Å²) < 4.78 is 5.14. The van der Waals surface area contributed by atoms with Crippen molar-refractivity contribution in [1.82, 2.24) is 4.98 Å². The van der Waals surface area contributed by atoms with Crippen molar-refractivity contribution in [3.05, 3.63) is 30.2 Å². The largest absolute Gasteiger partial charge is 0.443 e. The maximum atomic E-state index is 10.2. The molecule has 1 heterocycles. The van der Waals surface area contributed by atoms with Crippen LogP contribution >= 0.6 is 0 Å². The SMILES string of the molecule is O=CCCc1cccc2ocnc12. The third-order valence-electron chi connectivity index (χ3n) is 1.98. The Labute approximate surface area is 75.4 Å². The topological polar surface area (TPSA) is 43.1 Å². The van der Waals surface area contributed by atoms with Crippen LogP contribution in [0.15, 0.2) is 29.0 Å². The Kier molecular flexibility index (Phi) is 2.08. The second kappa shape index (κ2) is 3.39. The second-order valence-corrected chi connectivity index (χ2v) is 2.82. The third kappa shape index (κ3) is 1.45. The van der Waals surface area contributed by atoms with E-state index in [-0.39, 0.29) is 0 Å². The number of para-hydroxylation sites is 1. The maximum Gasteiger partial charge on any atom is 0.181 e. The molecule has 0 aliphatic rings. The summed E-state index contributed by atoms with van der Waals surface area (Å²) in [5.74, 6) is 0. The Bertz CT molecular complexity index is 420. The van der Waals surface area contributed by atoms with Crippen LogP contribution in [0.3, 0.4) is 0 Å². The minimum Gasteiger partial charge on any atom is -0.443 e. The average Bonchev–Trinajstić information content (AvgIpc) is 2.62. The highest BCUT2D eigenvalue weighted by Crippen LogP contribution is 2.17. The van der Waals surface area contributed by atoms with Crippen molar-refractivity contribution in [3.8, 4) is 0 Å². The second-order valence-electron chi connectivity index (χ2n) is 2.82. The molecule has 0 saturated carbocycles. The summed E-state index contributed by atoms with van der Waals surface area (Å²) in [5, 5.41) is 0. The highest BCUT2D eigenvalue weighted by atomic mass is 16.3. The molecule has 66 valence electrons. The lowest BCUT2D eigenvalue weighted by Crippen LogP contribution is -1.87. The highest BCUT2D eigenvalue weighted by molar-refractivity contribution is 5.76. The molecule has 13 heavy (non-hydrogen) atoms. The Morgan fingerprint density at radius 1 is 1.46 bits per heavy atom. The predicted molar refractivity (Wildman–Crippen MR) is 48.4 cm³/mol. The van der Waals surface area contributed by atoms with E-state index in [1.54, 1.807) is 0 Å². The number of nitrogens with zero attached hydrogens (tertiary/aromatic N) is 1. The first kappa shape index (κ1) is 7.98. The number of hydrogen-bond acceptors (Lipinski definition) is 3. The number of carbonyl (C=O) groups is 1. The minimum absolute atomic E-state index is 0.534. The molecule has 0 aliphatic carbocycles. The summed E-state index contributed by atoms with van der Waals surface area (Å²) in [4.78, 5) is 14.3. The quantitative estimate of drug-likeness (QED) is 0.669. The van der Waals surface area contributed by atoms with Crippen LogP contribution in [0.2, 0.25) is 0 Å². The van der Waals surface area contributed by atoms with Crippen molar-refractivity contribution in [3.63, 3.8) is 0 Å². The summed E-state index contributed by atoms with van der Waals surface area (Å²) in [5.41, 5.74) is 2.71. The minimum atomic E-state index is 0.534. The summed E-state index contributed by atoms with van der Waals surface area (Å²) in [6.07, 6.45) is 3.60. The molecule has 0 bridgehead atoms. The lowest BCUT2D eigenvalue weighted by molar-refractivity contribution is -0.107. The Morgan fingerprint density at radius 2 is 2.38 bits per heavy atom. The van der Waals surface area contributed by atoms with E-state index in [4.69, 9.17) is 4.42 Å². The van der Waals surface area contributed by atoms with Gasteiger partial charge in [-0.2, -0.15) is 0 Å². The van der Waals surface area contributed by atoms with Crippen LogP contribution in [0.25, 0.3) is 11.1 Å². The van der Waals surface area contributed by atoms with Crippen LogP contribution in [-0.4, -0.2) is 11.3 Å². The van der Waals surface area contributed by atoms with Gasteiger partial charge in [0, 0.05) is 6.42 Å². The van der Waals surface area contributed by atoms with Gasteiger partial charge < -0.3 is 9.21 Å². The predicted octanol–water partition coefficient (Wildman–Crippen LogP) is 1.96. The Morgan fingerprint density at radius 3 is 3.23 bits per heavy atom. The van der Waals surface area contributed by atoms with Crippen LogP contribution in [0.1, 0.15) is 12.0 Å². The molecular weight excluding hydrogens is 166 g/mol. The maximum absolute atomic E-state index is 10.2. The zero-order valence-corrected chi connectivity index (χ0v) is 7.06. The smallest absolute Gasteiger partial charge is 0.181 e. The summed E-state index contributed by atoms with van der Waals surface area (Å²) in [6, 6.07) is 5.74. The number of aldehydes is 1. The molecule has 0 amide bonds. The molecule has 0 saturated heterocycles. The summed E-state index contributed by atoms with van der Waals surface area (Å²) in [7, 11) is 0. The molecule has 3 nitrogen and oxygen atoms in total. The number of benzene rings is 1. The molecule has 0 aliphatic heterocycles. The first-order valence-electron chi connectivity index (χ1n) is 4.16. The van der Waals surface area contributed by atoms with E-state index in [0.717, 1.165) is 29.4 Å².